The van der Waals surface area contributed by atoms with Gasteiger partial charge in [0.1, 0.15) is 5.82 Å². The van der Waals surface area contributed by atoms with E-state index in [0.717, 1.165) is 38.2 Å². The predicted octanol–water partition coefficient (Wildman–Crippen LogP) is 1.95. The van der Waals surface area contributed by atoms with Gasteiger partial charge >= 0.3 is 11.9 Å². The molecule has 1 aromatic heterocycles. The van der Waals surface area contributed by atoms with Crippen molar-refractivity contribution >= 4 is 17.8 Å². The van der Waals surface area contributed by atoms with Crippen LogP contribution in [0, 0.1) is 5.92 Å². The molecule has 2 heterocycles. The quantitative estimate of drug-likeness (QED) is 0.836. The van der Waals surface area contributed by atoms with Gasteiger partial charge in [-0.1, -0.05) is 0 Å². The molecule has 0 spiro atoms. The minimum Gasteiger partial charge on any atom is -0.481 e. The number of ether oxygens (including phenoxy) is 1. The highest BCUT2D eigenvalue weighted by Gasteiger charge is 2.21. The lowest BCUT2D eigenvalue weighted by Crippen LogP contribution is -2.34. The molecule has 0 radical (unpaired) electrons. The highest BCUT2D eigenvalue weighted by atomic mass is 16.5. The summed E-state index contributed by atoms with van der Waals surface area (Å²) in [6.45, 7) is 1.67. The van der Waals surface area contributed by atoms with Crippen molar-refractivity contribution in [3.05, 3.63) is 23.9 Å². The molecule has 1 aromatic rings. The van der Waals surface area contributed by atoms with Crippen LogP contribution >= 0.6 is 0 Å². The lowest BCUT2D eigenvalue weighted by Gasteiger charge is -2.32. The van der Waals surface area contributed by atoms with E-state index in [1.165, 1.54) is 7.11 Å². The van der Waals surface area contributed by atoms with Gasteiger partial charge in [0.15, 0.2) is 0 Å². The van der Waals surface area contributed by atoms with Crippen LogP contribution < -0.4 is 4.90 Å². The van der Waals surface area contributed by atoms with Crippen LogP contribution in [0.2, 0.25) is 0 Å². The van der Waals surface area contributed by atoms with E-state index in [-0.39, 0.29) is 12.4 Å². The molecule has 0 aromatic carbocycles. The number of carbonyl (C=O) groups is 2. The van der Waals surface area contributed by atoms with Crippen LogP contribution in [0.15, 0.2) is 18.3 Å². The molecule has 0 amide bonds. The molecule has 1 fully saturated rings. The van der Waals surface area contributed by atoms with Crippen LogP contribution in [-0.4, -0.2) is 42.2 Å². The molecule has 1 N–H and O–H groups in total. The standard InChI is InChI=1S/C15H20N2O4/c1-21-15(20)12-4-7-16-13(10-12)17-8-5-11(6-9-17)2-3-14(18)19/h4,7,10-11H,2-3,5-6,8-9H2,1H3,(H,18,19). The average molecular weight is 292 g/mol. The Bertz CT molecular complexity index is 510. The second-order valence-electron chi connectivity index (χ2n) is 5.26. The number of nitrogens with zero attached hydrogens (tertiary/aromatic N) is 2. The van der Waals surface area contributed by atoms with Gasteiger partial charge in [-0.2, -0.15) is 0 Å². The van der Waals surface area contributed by atoms with E-state index in [1.54, 1.807) is 18.3 Å². The van der Waals surface area contributed by atoms with Gasteiger partial charge in [0.05, 0.1) is 12.7 Å². The molecule has 0 unspecified atom stereocenters. The fourth-order valence-electron chi connectivity index (χ4n) is 2.61. The van der Waals surface area contributed by atoms with Crippen LogP contribution in [0.1, 0.15) is 36.0 Å². The molecule has 114 valence electrons. The van der Waals surface area contributed by atoms with Crippen molar-refractivity contribution in [3.63, 3.8) is 0 Å². The molecule has 1 saturated heterocycles. The molecule has 0 atom stereocenters. The Morgan fingerprint density at radius 2 is 2.14 bits per heavy atom. The van der Waals surface area contributed by atoms with Crippen molar-refractivity contribution in [3.8, 4) is 0 Å². The third-order valence-electron chi connectivity index (χ3n) is 3.87. The minimum atomic E-state index is -0.732. The predicted molar refractivity (Wildman–Crippen MR) is 77.4 cm³/mol. The molecule has 0 aliphatic carbocycles. The Hall–Kier alpha value is -2.11. The maximum atomic E-state index is 11.5. The molecular formula is C15H20N2O4. The number of aromatic nitrogens is 1. The fraction of sp³-hybridized carbons (Fsp3) is 0.533. The van der Waals surface area contributed by atoms with Gasteiger partial charge in [-0.25, -0.2) is 9.78 Å². The fourth-order valence-corrected chi connectivity index (χ4v) is 2.61. The number of anilines is 1. The van der Waals surface area contributed by atoms with Crippen LogP contribution in [0.4, 0.5) is 5.82 Å². The second-order valence-corrected chi connectivity index (χ2v) is 5.26. The number of pyridine rings is 1. The summed E-state index contributed by atoms with van der Waals surface area (Å²) >= 11 is 0. The molecule has 6 nitrogen and oxygen atoms in total. The molecule has 1 aliphatic heterocycles. The van der Waals surface area contributed by atoms with Gasteiger partial charge < -0.3 is 14.7 Å². The zero-order valence-corrected chi connectivity index (χ0v) is 12.1. The normalized spacial score (nSPS) is 15.8. The Balaban J connectivity index is 1.93. The van der Waals surface area contributed by atoms with Gasteiger partial charge in [0.25, 0.3) is 0 Å². The Morgan fingerprint density at radius 1 is 1.43 bits per heavy atom. The van der Waals surface area contributed by atoms with Crippen molar-refractivity contribution in [1.29, 1.82) is 0 Å². The smallest absolute Gasteiger partial charge is 0.338 e. The lowest BCUT2D eigenvalue weighted by atomic mass is 9.92. The zero-order chi connectivity index (χ0) is 15.2. The third kappa shape index (κ3) is 4.18. The summed E-state index contributed by atoms with van der Waals surface area (Å²) in [5.41, 5.74) is 0.496. The van der Waals surface area contributed by atoms with Crippen molar-refractivity contribution in [1.82, 2.24) is 4.98 Å². The Labute approximate surface area is 123 Å². The van der Waals surface area contributed by atoms with Crippen molar-refractivity contribution in [2.45, 2.75) is 25.7 Å². The first kappa shape index (κ1) is 15.3. The first-order valence-electron chi connectivity index (χ1n) is 7.11. The first-order valence-corrected chi connectivity index (χ1v) is 7.11. The number of hydrogen-bond acceptors (Lipinski definition) is 5. The van der Waals surface area contributed by atoms with Crippen molar-refractivity contribution in [2.24, 2.45) is 5.92 Å². The monoisotopic (exact) mass is 292 g/mol. The molecule has 6 heteroatoms. The largest absolute Gasteiger partial charge is 0.481 e. The number of aliphatic carboxylic acids is 1. The summed E-state index contributed by atoms with van der Waals surface area (Å²) in [7, 11) is 1.36. The van der Waals surface area contributed by atoms with E-state index in [9.17, 15) is 9.59 Å². The summed E-state index contributed by atoms with van der Waals surface area (Å²) in [6, 6.07) is 3.37. The molecule has 1 aliphatic rings. The van der Waals surface area contributed by atoms with Crippen LogP contribution in [-0.2, 0) is 9.53 Å². The topological polar surface area (TPSA) is 79.7 Å². The number of methoxy groups -OCH3 is 1. The van der Waals surface area contributed by atoms with Gasteiger partial charge in [-0.3, -0.25) is 4.79 Å². The second kappa shape index (κ2) is 7.06. The van der Waals surface area contributed by atoms with Gasteiger partial charge in [0, 0.05) is 25.7 Å². The van der Waals surface area contributed by atoms with E-state index in [2.05, 4.69) is 9.88 Å². The minimum absolute atomic E-state index is 0.237. The maximum Gasteiger partial charge on any atom is 0.338 e. The summed E-state index contributed by atoms with van der Waals surface area (Å²) in [6.07, 6.45) is 4.49. The Morgan fingerprint density at radius 3 is 2.76 bits per heavy atom. The number of hydrogen-bond donors (Lipinski definition) is 1. The van der Waals surface area contributed by atoms with Gasteiger partial charge in [0.2, 0.25) is 0 Å². The molecule has 2 rings (SSSR count). The molecule has 0 bridgehead atoms. The van der Waals surface area contributed by atoms with E-state index >= 15 is 0 Å². The van der Waals surface area contributed by atoms with Gasteiger partial charge in [-0.15, -0.1) is 0 Å². The number of esters is 1. The number of carbonyl (C=O) groups excluding carboxylic acids is 1. The zero-order valence-electron chi connectivity index (χ0n) is 12.1. The highest BCUT2D eigenvalue weighted by molar-refractivity contribution is 5.90. The van der Waals surface area contributed by atoms with E-state index in [1.807, 2.05) is 0 Å². The van der Waals surface area contributed by atoms with Crippen molar-refractivity contribution in [2.75, 3.05) is 25.1 Å². The number of rotatable bonds is 5. The number of piperidine rings is 1. The average Bonchev–Trinajstić information content (AvgIpc) is 2.52. The number of carboxylic acid groups (broad SMARTS) is 1. The van der Waals surface area contributed by atoms with Crippen LogP contribution in [0.25, 0.3) is 0 Å². The van der Waals surface area contributed by atoms with Crippen molar-refractivity contribution < 1.29 is 19.4 Å². The molecule has 21 heavy (non-hydrogen) atoms. The third-order valence-corrected chi connectivity index (χ3v) is 3.87. The summed E-state index contributed by atoms with van der Waals surface area (Å²) in [5, 5.41) is 8.72. The SMILES string of the molecule is COC(=O)c1ccnc(N2CCC(CCC(=O)O)CC2)c1. The first-order chi connectivity index (χ1) is 10.1. The summed E-state index contributed by atoms with van der Waals surface area (Å²) < 4.78 is 4.71. The van der Waals surface area contributed by atoms with Crippen LogP contribution in [0.3, 0.4) is 0 Å². The molecular weight excluding hydrogens is 272 g/mol. The maximum absolute atomic E-state index is 11.5. The van der Waals surface area contributed by atoms with Crippen LogP contribution in [0.5, 0.6) is 0 Å². The highest BCUT2D eigenvalue weighted by Crippen LogP contribution is 2.25. The summed E-state index contributed by atoms with van der Waals surface area (Å²) in [5.74, 6) is 0.135. The summed E-state index contributed by atoms with van der Waals surface area (Å²) in [4.78, 5) is 28.6. The lowest BCUT2D eigenvalue weighted by molar-refractivity contribution is -0.137. The number of carboxylic acids is 1. The van der Waals surface area contributed by atoms with E-state index in [0.29, 0.717) is 11.5 Å². The van der Waals surface area contributed by atoms with E-state index < -0.39 is 5.97 Å². The Kier molecular flexibility index (Phi) is 5.14. The molecule has 0 saturated carbocycles. The van der Waals surface area contributed by atoms with Gasteiger partial charge in [-0.05, 0) is 37.3 Å². The van der Waals surface area contributed by atoms with E-state index in [4.69, 9.17) is 9.84 Å².